The predicted molar refractivity (Wildman–Crippen MR) is 99.0 cm³/mol. The number of likely N-dealkylation sites (tertiary alicyclic amines) is 1. The standard InChI is InChI=1S/C19H28F3N3O2/c1-4-23-18(25-10-8-15(9-11-25)27-5-2)24-13-14-6-7-16(26-3)12-17(14)19(20,21)22/h6-7,12,15H,4-5,8-11,13H2,1-3H3,(H,23,24). The van der Waals surface area contributed by atoms with Gasteiger partial charge in [-0.25, -0.2) is 4.99 Å². The predicted octanol–water partition coefficient (Wildman–Crippen LogP) is 3.68. The first kappa shape index (κ1) is 21.3. The number of piperidine rings is 1. The largest absolute Gasteiger partial charge is 0.497 e. The molecule has 152 valence electrons. The highest BCUT2D eigenvalue weighted by Gasteiger charge is 2.33. The third kappa shape index (κ3) is 6.02. The first-order valence-electron chi connectivity index (χ1n) is 9.28. The Morgan fingerprint density at radius 1 is 1.26 bits per heavy atom. The summed E-state index contributed by atoms with van der Waals surface area (Å²) in [5, 5.41) is 3.18. The minimum atomic E-state index is -4.45. The molecule has 0 amide bonds. The van der Waals surface area contributed by atoms with E-state index in [9.17, 15) is 13.2 Å². The molecule has 0 saturated carbocycles. The van der Waals surface area contributed by atoms with Crippen LogP contribution in [-0.2, 0) is 17.5 Å². The second kappa shape index (κ2) is 9.82. The van der Waals surface area contributed by atoms with E-state index in [0.717, 1.165) is 32.0 Å². The molecule has 1 saturated heterocycles. The number of nitrogens with zero attached hydrogens (tertiary/aromatic N) is 2. The van der Waals surface area contributed by atoms with E-state index < -0.39 is 11.7 Å². The Bertz CT molecular complexity index is 627. The van der Waals surface area contributed by atoms with E-state index in [1.807, 2.05) is 13.8 Å². The van der Waals surface area contributed by atoms with E-state index >= 15 is 0 Å². The lowest BCUT2D eigenvalue weighted by atomic mass is 10.1. The molecule has 1 heterocycles. The molecular formula is C19H28F3N3O2. The van der Waals surface area contributed by atoms with Gasteiger partial charge in [-0.3, -0.25) is 0 Å². The van der Waals surface area contributed by atoms with E-state index in [1.54, 1.807) is 0 Å². The summed E-state index contributed by atoms with van der Waals surface area (Å²) in [4.78, 5) is 6.54. The molecule has 1 aliphatic heterocycles. The van der Waals surface area contributed by atoms with Crippen molar-refractivity contribution in [3.63, 3.8) is 0 Å². The third-order valence-corrected chi connectivity index (χ3v) is 4.50. The molecule has 5 nitrogen and oxygen atoms in total. The molecule has 0 aromatic heterocycles. The summed E-state index contributed by atoms with van der Waals surface area (Å²) in [6.45, 7) is 6.75. The lowest BCUT2D eigenvalue weighted by Crippen LogP contribution is -2.47. The lowest BCUT2D eigenvalue weighted by Gasteiger charge is -2.34. The molecule has 0 aliphatic carbocycles. The molecule has 8 heteroatoms. The van der Waals surface area contributed by atoms with Gasteiger partial charge in [0.15, 0.2) is 5.96 Å². The van der Waals surface area contributed by atoms with Crippen molar-refractivity contribution in [2.24, 2.45) is 4.99 Å². The Morgan fingerprint density at radius 2 is 1.96 bits per heavy atom. The van der Waals surface area contributed by atoms with E-state index in [0.29, 0.717) is 19.1 Å². The summed E-state index contributed by atoms with van der Waals surface area (Å²) in [6, 6.07) is 3.97. The molecule has 0 unspecified atom stereocenters. The van der Waals surface area contributed by atoms with Crippen LogP contribution in [0, 0.1) is 0 Å². The monoisotopic (exact) mass is 387 g/mol. The average Bonchev–Trinajstić information content (AvgIpc) is 2.65. The molecule has 0 spiro atoms. The van der Waals surface area contributed by atoms with Crippen LogP contribution in [0.4, 0.5) is 13.2 Å². The summed E-state index contributed by atoms with van der Waals surface area (Å²) in [5.74, 6) is 0.816. The first-order valence-corrected chi connectivity index (χ1v) is 9.28. The van der Waals surface area contributed by atoms with E-state index in [2.05, 4.69) is 15.2 Å². The van der Waals surface area contributed by atoms with E-state index in [4.69, 9.17) is 9.47 Å². The van der Waals surface area contributed by atoms with E-state index in [-0.39, 0.29) is 24.0 Å². The minimum Gasteiger partial charge on any atom is -0.497 e. The fourth-order valence-electron chi connectivity index (χ4n) is 3.14. The van der Waals surface area contributed by atoms with Crippen molar-refractivity contribution in [3.8, 4) is 5.75 Å². The second-order valence-electron chi connectivity index (χ2n) is 6.33. The van der Waals surface area contributed by atoms with Gasteiger partial charge in [-0.05, 0) is 44.4 Å². The van der Waals surface area contributed by atoms with Crippen LogP contribution >= 0.6 is 0 Å². The van der Waals surface area contributed by atoms with Crippen molar-refractivity contribution in [1.82, 2.24) is 10.2 Å². The van der Waals surface area contributed by atoms with Crippen molar-refractivity contribution in [1.29, 1.82) is 0 Å². The molecule has 0 radical (unpaired) electrons. The Labute approximate surface area is 158 Å². The maximum atomic E-state index is 13.4. The minimum absolute atomic E-state index is 0.0490. The first-order chi connectivity index (χ1) is 12.9. The molecule has 1 aromatic rings. The van der Waals surface area contributed by atoms with Gasteiger partial charge in [0.1, 0.15) is 5.75 Å². The molecule has 1 aliphatic rings. The van der Waals surface area contributed by atoms with Crippen molar-refractivity contribution < 1.29 is 22.6 Å². The molecule has 27 heavy (non-hydrogen) atoms. The SMILES string of the molecule is CCNC(=NCc1ccc(OC)cc1C(F)(F)F)N1CCC(OCC)CC1. The second-order valence-corrected chi connectivity index (χ2v) is 6.33. The van der Waals surface area contributed by atoms with Crippen molar-refractivity contribution in [2.45, 2.75) is 45.5 Å². The summed E-state index contributed by atoms with van der Waals surface area (Å²) in [6.07, 6.45) is -2.44. The maximum absolute atomic E-state index is 13.4. The van der Waals surface area contributed by atoms with Crippen LogP contribution in [0.2, 0.25) is 0 Å². The topological polar surface area (TPSA) is 46.1 Å². The third-order valence-electron chi connectivity index (χ3n) is 4.50. The Morgan fingerprint density at radius 3 is 2.52 bits per heavy atom. The zero-order chi connectivity index (χ0) is 19.9. The number of guanidine groups is 1. The Balaban J connectivity index is 2.15. The number of hydrogen-bond donors (Lipinski definition) is 1. The Hall–Kier alpha value is -1.96. The zero-order valence-electron chi connectivity index (χ0n) is 16.1. The molecule has 0 bridgehead atoms. The quantitative estimate of drug-likeness (QED) is 0.598. The summed E-state index contributed by atoms with van der Waals surface area (Å²) in [7, 11) is 1.35. The molecule has 1 aromatic carbocycles. The van der Waals surface area contributed by atoms with Crippen LogP contribution in [0.15, 0.2) is 23.2 Å². The highest BCUT2D eigenvalue weighted by molar-refractivity contribution is 5.80. The number of methoxy groups -OCH3 is 1. The van der Waals surface area contributed by atoms with Crippen LogP contribution in [-0.4, -0.2) is 50.3 Å². The van der Waals surface area contributed by atoms with Gasteiger partial charge in [-0.2, -0.15) is 13.2 Å². The van der Waals surface area contributed by atoms with Crippen molar-refractivity contribution >= 4 is 5.96 Å². The van der Waals surface area contributed by atoms with Gasteiger partial charge in [0.25, 0.3) is 0 Å². The van der Waals surface area contributed by atoms with Gasteiger partial charge < -0.3 is 19.7 Å². The number of hydrogen-bond acceptors (Lipinski definition) is 3. The number of ether oxygens (including phenoxy) is 2. The number of rotatable bonds is 6. The van der Waals surface area contributed by atoms with Crippen molar-refractivity contribution in [2.75, 3.05) is 33.4 Å². The molecule has 1 fully saturated rings. The van der Waals surface area contributed by atoms with E-state index in [1.165, 1.54) is 19.2 Å². The lowest BCUT2D eigenvalue weighted by molar-refractivity contribution is -0.138. The molecule has 2 rings (SSSR count). The van der Waals surface area contributed by atoms with Crippen LogP contribution < -0.4 is 10.1 Å². The summed E-state index contributed by atoms with van der Waals surface area (Å²) < 4.78 is 50.7. The maximum Gasteiger partial charge on any atom is 0.416 e. The van der Waals surface area contributed by atoms with Gasteiger partial charge >= 0.3 is 6.18 Å². The van der Waals surface area contributed by atoms with Crippen LogP contribution in [0.25, 0.3) is 0 Å². The number of halogens is 3. The number of benzene rings is 1. The molecule has 1 N–H and O–H groups in total. The fourth-order valence-corrected chi connectivity index (χ4v) is 3.14. The highest BCUT2D eigenvalue weighted by atomic mass is 19.4. The smallest absolute Gasteiger partial charge is 0.416 e. The van der Waals surface area contributed by atoms with Crippen LogP contribution in [0.3, 0.4) is 0 Å². The number of aliphatic imine (C=N–C) groups is 1. The Kier molecular flexibility index (Phi) is 7.77. The van der Waals surface area contributed by atoms with Gasteiger partial charge in [-0.15, -0.1) is 0 Å². The van der Waals surface area contributed by atoms with Gasteiger partial charge in [0.2, 0.25) is 0 Å². The normalized spacial score (nSPS) is 16.5. The van der Waals surface area contributed by atoms with Gasteiger partial charge in [-0.1, -0.05) is 6.07 Å². The van der Waals surface area contributed by atoms with Gasteiger partial charge in [0.05, 0.1) is 25.3 Å². The fraction of sp³-hybridized carbons (Fsp3) is 0.632. The van der Waals surface area contributed by atoms with Crippen molar-refractivity contribution in [3.05, 3.63) is 29.3 Å². The summed E-state index contributed by atoms with van der Waals surface area (Å²) in [5.41, 5.74) is -0.584. The zero-order valence-corrected chi connectivity index (χ0v) is 16.1. The van der Waals surface area contributed by atoms with Crippen LogP contribution in [0.5, 0.6) is 5.75 Å². The average molecular weight is 387 g/mol. The molecule has 0 atom stereocenters. The number of nitrogens with one attached hydrogen (secondary N) is 1. The summed E-state index contributed by atoms with van der Waals surface area (Å²) >= 11 is 0. The van der Waals surface area contributed by atoms with Gasteiger partial charge in [0, 0.05) is 26.2 Å². The number of alkyl halides is 3. The highest BCUT2D eigenvalue weighted by Crippen LogP contribution is 2.34. The molecular weight excluding hydrogens is 359 g/mol. The van der Waals surface area contributed by atoms with Crippen LogP contribution in [0.1, 0.15) is 37.8 Å².